The molecule has 20 heavy (non-hydrogen) atoms. The van der Waals surface area contributed by atoms with Gasteiger partial charge in [0.15, 0.2) is 0 Å². The predicted octanol–water partition coefficient (Wildman–Crippen LogP) is 3.81. The first-order chi connectivity index (χ1) is 9.65. The van der Waals surface area contributed by atoms with Crippen LogP contribution in [0.1, 0.15) is 37.7 Å². The van der Waals surface area contributed by atoms with Crippen LogP contribution in [0.4, 0.5) is 4.39 Å². The zero-order valence-corrected chi connectivity index (χ0v) is 12.2. The summed E-state index contributed by atoms with van der Waals surface area (Å²) in [4.78, 5) is 14.3. The van der Waals surface area contributed by atoms with Crippen molar-refractivity contribution in [2.45, 2.75) is 44.7 Å². The van der Waals surface area contributed by atoms with E-state index < -0.39 is 0 Å². The molecule has 108 valence electrons. The summed E-state index contributed by atoms with van der Waals surface area (Å²) in [6, 6.07) is 5.27. The smallest absolute Gasteiger partial charge is 0.141 e. The monoisotopic (exact) mass is 295 g/mol. The van der Waals surface area contributed by atoms with Crippen molar-refractivity contribution in [2.75, 3.05) is 6.54 Å². The van der Waals surface area contributed by atoms with Gasteiger partial charge in [-0.25, -0.2) is 4.39 Å². The van der Waals surface area contributed by atoms with E-state index in [-0.39, 0.29) is 16.8 Å². The lowest BCUT2D eigenvalue weighted by Gasteiger charge is -2.28. The molecule has 1 saturated heterocycles. The normalized spacial score (nSPS) is 27.4. The molecule has 0 amide bonds. The number of carbonyl (C=O) groups excluding carboxylic acids is 1. The summed E-state index contributed by atoms with van der Waals surface area (Å²) in [7, 11) is 0. The highest BCUT2D eigenvalue weighted by Gasteiger charge is 2.37. The third-order valence-corrected chi connectivity index (χ3v) is 4.89. The van der Waals surface area contributed by atoms with Crippen LogP contribution in [0.2, 0.25) is 5.02 Å². The SMILES string of the molecule is O=C1CCCC1C1CCCN1Cc1ccc(F)c(Cl)c1. The molecule has 1 aromatic rings. The van der Waals surface area contributed by atoms with Crippen molar-refractivity contribution >= 4 is 17.4 Å². The van der Waals surface area contributed by atoms with Gasteiger partial charge in [-0.15, -0.1) is 0 Å². The number of hydrogen-bond acceptors (Lipinski definition) is 2. The van der Waals surface area contributed by atoms with Crippen LogP contribution in [0.25, 0.3) is 0 Å². The lowest BCUT2D eigenvalue weighted by Crippen LogP contribution is -2.37. The van der Waals surface area contributed by atoms with Gasteiger partial charge >= 0.3 is 0 Å². The van der Waals surface area contributed by atoms with Crippen molar-refractivity contribution in [2.24, 2.45) is 5.92 Å². The topological polar surface area (TPSA) is 20.3 Å². The van der Waals surface area contributed by atoms with Gasteiger partial charge in [0, 0.05) is 24.9 Å². The Morgan fingerprint density at radius 2 is 2.15 bits per heavy atom. The summed E-state index contributed by atoms with van der Waals surface area (Å²) in [5, 5.41) is 0.176. The number of rotatable bonds is 3. The van der Waals surface area contributed by atoms with E-state index in [0.717, 1.165) is 50.8 Å². The van der Waals surface area contributed by atoms with Crippen molar-refractivity contribution < 1.29 is 9.18 Å². The molecule has 0 N–H and O–H groups in total. The molecular weight excluding hydrogens is 277 g/mol. The Morgan fingerprint density at radius 1 is 1.30 bits per heavy atom. The standard InChI is InChI=1S/C16H19ClFNO/c17-13-9-11(6-7-14(13)18)10-19-8-2-4-15(19)12-3-1-5-16(12)20/h6-7,9,12,15H,1-5,8,10H2. The third kappa shape index (κ3) is 2.75. The Bertz CT molecular complexity index is 519. The number of Topliss-reactive ketones (excluding diaryl/α,β-unsaturated/α-hetero) is 1. The number of ketones is 1. The third-order valence-electron chi connectivity index (χ3n) is 4.60. The Hall–Kier alpha value is -0.930. The molecule has 0 aromatic heterocycles. The molecule has 0 spiro atoms. The molecule has 1 saturated carbocycles. The van der Waals surface area contributed by atoms with Gasteiger partial charge in [-0.3, -0.25) is 9.69 Å². The van der Waals surface area contributed by atoms with Gasteiger partial charge in [-0.05, 0) is 49.9 Å². The zero-order valence-electron chi connectivity index (χ0n) is 11.4. The second kappa shape index (κ2) is 5.82. The molecule has 2 atom stereocenters. The highest BCUT2D eigenvalue weighted by Crippen LogP contribution is 2.34. The minimum atomic E-state index is -0.376. The molecule has 2 nitrogen and oxygen atoms in total. The van der Waals surface area contributed by atoms with Crippen molar-refractivity contribution in [3.05, 3.63) is 34.6 Å². The molecule has 0 bridgehead atoms. The highest BCUT2D eigenvalue weighted by molar-refractivity contribution is 6.30. The molecule has 1 aromatic carbocycles. The fourth-order valence-corrected chi connectivity index (χ4v) is 3.83. The van der Waals surface area contributed by atoms with Gasteiger partial charge in [0.2, 0.25) is 0 Å². The van der Waals surface area contributed by atoms with Crippen LogP contribution in [0.5, 0.6) is 0 Å². The summed E-state index contributed by atoms with van der Waals surface area (Å²) >= 11 is 5.84. The number of benzene rings is 1. The van der Waals surface area contributed by atoms with Crippen LogP contribution >= 0.6 is 11.6 Å². The van der Waals surface area contributed by atoms with Gasteiger partial charge in [0.1, 0.15) is 11.6 Å². The largest absolute Gasteiger partial charge is 0.299 e. The number of hydrogen-bond donors (Lipinski definition) is 0. The van der Waals surface area contributed by atoms with Crippen molar-refractivity contribution in [1.82, 2.24) is 4.90 Å². The van der Waals surface area contributed by atoms with Crippen LogP contribution in [0, 0.1) is 11.7 Å². The average Bonchev–Trinajstić information content (AvgIpc) is 3.02. The van der Waals surface area contributed by atoms with E-state index >= 15 is 0 Å². The van der Waals surface area contributed by atoms with Crippen LogP contribution in [-0.2, 0) is 11.3 Å². The van der Waals surface area contributed by atoms with Crippen molar-refractivity contribution in [3.63, 3.8) is 0 Å². The number of likely N-dealkylation sites (tertiary alicyclic amines) is 1. The first-order valence-electron chi connectivity index (χ1n) is 7.36. The van der Waals surface area contributed by atoms with Gasteiger partial charge in [0.05, 0.1) is 5.02 Å². The maximum absolute atomic E-state index is 13.2. The summed E-state index contributed by atoms with van der Waals surface area (Å²) in [6.45, 7) is 1.78. The quantitative estimate of drug-likeness (QED) is 0.845. The Labute approximate surface area is 123 Å². The minimum Gasteiger partial charge on any atom is -0.299 e. The first-order valence-corrected chi connectivity index (χ1v) is 7.73. The highest BCUT2D eigenvalue weighted by atomic mass is 35.5. The van der Waals surface area contributed by atoms with Gasteiger partial charge in [0.25, 0.3) is 0 Å². The molecule has 4 heteroatoms. The lowest BCUT2D eigenvalue weighted by atomic mass is 9.95. The lowest BCUT2D eigenvalue weighted by molar-refractivity contribution is -0.122. The Kier molecular flexibility index (Phi) is 4.08. The van der Waals surface area contributed by atoms with Crippen LogP contribution in [-0.4, -0.2) is 23.3 Å². The second-order valence-electron chi connectivity index (χ2n) is 5.89. The van der Waals surface area contributed by atoms with Gasteiger partial charge in [-0.2, -0.15) is 0 Å². The van der Waals surface area contributed by atoms with E-state index in [9.17, 15) is 9.18 Å². The summed E-state index contributed by atoms with van der Waals surface area (Å²) in [6.07, 6.45) is 5.06. The van der Waals surface area contributed by atoms with E-state index in [1.165, 1.54) is 6.07 Å². The van der Waals surface area contributed by atoms with Crippen LogP contribution < -0.4 is 0 Å². The molecule has 2 unspecified atom stereocenters. The maximum atomic E-state index is 13.2. The van der Waals surface area contributed by atoms with Crippen molar-refractivity contribution in [1.29, 1.82) is 0 Å². The number of carbonyl (C=O) groups is 1. The molecule has 0 radical (unpaired) electrons. The Balaban J connectivity index is 1.72. The van der Waals surface area contributed by atoms with E-state index in [4.69, 9.17) is 11.6 Å². The minimum absolute atomic E-state index is 0.176. The average molecular weight is 296 g/mol. The van der Waals surface area contributed by atoms with E-state index in [1.54, 1.807) is 12.1 Å². The second-order valence-corrected chi connectivity index (χ2v) is 6.30. The molecule has 3 rings (SSSR count). The van der Waals surface area contributed by atoms with Gasteiger partial charge in [-0.1, -0.05) is 17.7 Å². The maximum Gasteiger partial charge on any atom is 0.141 e. The van der Waals surface area contributed by atoms with Crippen LogP contribution in [0.15, 0.2) is 18.2 Å². The Morgan fingerprint density at radius 3 is 2.85 bits per heavy atom. The molecule has 1 aliphatic heterocycles. The zero-order chi connectivity index (χ0) is 14.1. The van der Waals surface area contributed by atoms with E-state index in [2.05, 4.69) is 4.90 Å². The van der Waals surface area contributed by atoms with Gasteiger partial charge < -0.3 is 0 Å². The molecule has 1 aliphatic carbocycles. The number of halogens is 2. The fraction of sp³-hybridized carbons (Fsp3) is 0.562. The fourth-order valence-electron chi connectivity index (χ4n) is 3.63. The number of nitrogens with zero attached hydrogens (tertiary/aromatic N) is 1. The summed E-state index contributed by atoms with van der Waals surface area (Å²) in [5.74, 6) is 0.270. The molecule has 2 fully saturated rings. The molecular formula is C16H19ClFNO. The summed E-state index contributed by atoms with van der Waals surface area (Å²) in [5.41, 5.74) is 1.02. The molecule has 2 aliphatic rings. The summed E-state index contributed by atoms with van der Waals surface area (Å²) < 4.78 is 13.2. The predicted molar refractivity (Wildman–Crippen MR) is 77.2 cm³/mol. The molecule has 1 heterocycles. The van der Waals surface area contributed by atoms with Crippen molar-refractivity contribution in [3.8, 4) is 0 Å². The first kappa shape index (κ1) is 14.0. The van der Waals surface area contributed by atoms with E-state index in [0.29, 0.717) is 11.8 Å². The van der Waals surface area contributed by atoms with E-state index in [1.807, 2.05) is 0 Å². The van der Waals surface area contributed by atoms with Crippen LogP contribution in [0.3, 0.4) is 0 Å².